The minimum atomic E-state index is -0.0547. The molecule has 1 amide bonds. The first-order valence-electron chi connectivity index (χ1n) is 5.82. The van der Waals surface area contributed by atoms with E-state index in [1.54, 1.807) is 12.3 Å². The van der Waals surface area contributed by atoms with Crippen LogP contribution in [0.15, 0.2) is 35.7 Å². The number of anilines is 2. The molecule has 100 valence electrons. The first kappa shape index (κ1) is 13.5. The van der Waals surface area contributed by atoms with E-state index >= 15 is 0 Å². The summed E-state index contributed by atoms with van der Waals surface area (Å²) < 4.78 is 1.88. The molecule has 5 nitrogen and oxygen atoms in total. The maximum Gasteiger partial charge on any atom is 0.234 e. The fourth-order valence-electron chi connectivity index (χ4n) is 1.63. The van der Waals surface area contributed by atoms with Gasteiger partial charge in [0, 0.05) is 30.8 Å². The summed E-state index contributed by atoms with van der Waals surface area (Å²) >= 11 is 1.41. The Balaban J connectivity index is 1.93. The van der Waals surface area contributed by atoms with Gasteiger partial charge in [0.1, 0.15) is 0 Å². The molecule has 0 aliphatic heterocycles. The van der Waals surface area contributed by atoms with E-state index in [1.807, 2.05) is 36.9 Å². The van der Waals surface area contributed by atoms with Crippen molar-refractivity contribution in [2.75, 3.05) is 16.8 Å². The highest BCUT2D eigenvalue weighted by Crippen LogP contribution is 2.19. The summed E-state index contributed by atoms with van der Waals surface area (Å²) in [4.78, 5) is 16.0. The number of carbonyl (C=O) groups excluding carboxylic acids is 1. The Morgan fingerprint density at radius 1 is 1.53 bits per heavy atom. The first-order valence-corrected chi connectivity index (χ1v) is 6.81. The van der Waals surface area contributed by atoms with E-state index in [1.165, 1.54) is 11.8 Å². The molecule has 0 spiro atoms. The maximum atomic E-state index is 11.9. The van der Waals surface area contributed by atoms with Gasteiger partial charge in [0.15, 0.2) is 5.16 Å². The number of imidazole rings is 1. The Morgan fingerprint density at radius 2 is 2.32 bits per heavy atom. The van der Waals surface area contributed by atoms with Crippen molar-refractivity contribution in [3.05, 3.63) is 36.2 Å². The molecule has 0 radical (unpaired) electrons. The fraction of sp³-hybridized carbons (Fsp3) is 0.231. The van der Waals surface area contributed by atoms with Crippen molar-refractivity contribution in [3.63, 3.8) is 0 Å². The summed E-state index contributed by atoms with van der Waals surface area (Å²) in [5.41, 5.74) is 8.11. The Hall–Kier alpha value is -1.95. The number of amides is 1. The standard InChI is InChI=1S/C13H16N4OS/c1-9-7-10(14)3-4-11(9)16-12(18)8-19-13-15-5-6-17(13)2/h3-7H,8,14H2,1-2H3,(H,16,18). The van der Waals surface area contributed by atoms with Crippen LogP contribution in [0.4, 0.5) is 11.4 Å². The lowest BCUT2D eigenvalue weighted by Crippen LogP contribution is -2.15. The molecular weight excluding hydrogens is 260 g/mol. The Kier molecular flexibility index (Phi) is 4.11. The van der Waals surface area contributed by atoms with E-state index < -0.39 is 0 Å². The van der Waals surface area contributed by atoms with Crippen LogP contribution >= 0.6 is 11.8 Å². The predicted molar refractivity (Wildman–Crippen MR) is 78.2 cm³/mol. The summed E-state index contributed by atoms with van der Waals surface area (Å²) in [6.45, 7) is 1.91. The van der Waals surface area contributed by atoms with E-state index in [2.05, 4.69) is 10.3 Å². The molecule has 2 aromatic rings. The van der Waals surface area contributed by atoms with Gasteiger partial charge in [-0.3, -0.25) is 4.79 Å². The highest BCUT2D eigenvalue weighted by atomic mass is 32.2. The molecule has 2 rings (SSSR count). The number of aromatic nitrogens is 2. The molecule has 0 saturated heterocycles. The third kappa shape index (κ3) is 3.51. The minimum Gasteiger partial charge on any atom is -0.399 e. The SMILES string of the molecule is Cc1cc(N)ccc1NC(=O)CSc1nccn1C. The van der Waals surface area contributed by atoms with Crippen LogP contribution in [0.3, 0.4) is 0 Å². The number of nitrogen functional groups attached to an aromatic ring is 1. The van der Waals surface area contributed by atoms with Gasteiger partial charge in [-0.2, -0.15) is 0 Å². The van der Waals surface area contributed by atoms with E-state index in [0.717, 1.165) is 16.4 Å². The number of carbonyl (C=O) groups is 1. The van der Waals surface area contributed by atoms with Gasteiger partial charge in [0.2, 0.25) is 5.91 Å². The van der Waals surface area contributed by atoms with Crippen LogP contribution in [0.25, 0.3) is 0 Å². The van der Waals surface area contributed by atoms with Gasteiger partial charge in [-0.15, -0.1) is 0 Å². The van der Waals surface area contributed by atoms with Gasteiger partial charge < -0.3 is 15.6 Å². The molecule has 0 aliphatic carbocycles. The molecule has 1 aromatic heterocycles. The van der Waals surface area contributed by atoms with Gasteiger partial charge >= 0.3 is 0 Å². The molecule has 1 aromatic carbocycles. The third-order valence-electron chi connectivity index (χ3n) is 2.63. The van der Waals surface area contributed by atoms with Crippen molar-refractivity contribution in [3.8, 4) is 0 Å². The van der Waals surface area contributed by atoms with Crippen LogP contribution in [0.5, 0.6) is 0 Å². The summed E-state index contributed by atoms with van der Waals surface area (Å²) in [5, 5.41) is 3.69. The highest BCUT2D eigenvalue weighted by Gasteiger charge is 2.07. The second-order valence-electron chi connectivity index (χ2n) is 4.23. The van der Waals surface area contributed by atoms with Crippen molar-refractivity contribution in [2.24, 2.45) is 7.05 Å². The van der Waals surface area contributed by atoms with Gasteiger partial charge in [-0.1, -0.05) is 11.8 Å². The number of rotatable bonds is 4. The van der Waals surface area contributed by atoms with Gasteiger partial charge in [-0.25, -0.2) is 4.98 Å². The fourth-order valence-corrected chi connectivity index (χ4v) is 2.37. The highest BCUT2D eigenvalue weighted by molar-refractivity contribution is 7.99. The largest absolute Gasteiger partial charge is 0.399 e. The van der Waals surface area contributed by atoms with Crippen molar-refractivity contribution in [1.29, 1.82) is 0 Å². The summed E-state index contributed by atoms with van der Waals surface area (Å²) in [6.07, 6.45) is 3.56. The number of nitrogens with zero attached hydrogens (tertiary/aromatic N) is 2. The quantitative estimate of drug-likeness (QED) is 0.662. The molecule has 3 N–H and O–H groups in total. The molecular formula is C13H16N4OS. The van der Waals surface area contributed by atoms with Crippen LogP contribution in [-0.4, -0.2) is 21.2 Å². The lowest BCUT2D eigenvalue weighted by atomic mass is 10.2. The molecule has 0 atom stereocenters. The molecule has 0 saturated carbocycles. The second kappa shape index (κ2) is 5.79. The normalized spacial score (nSPS) is 10.4. The zero-order chi connectivity index (χ0) is 13.8. The van der Waals surface area contributed by atoms with Crippen molar-refractivity contribution < 1.29 is 4.79 Å². The summed E-state index contributed by atoms with van der Waals surface area (Å²) in [7, 11) is 1.90. The van der Waals surface area contributed by atoms with Crippen LogP contribution in [0.1, 0.15) is 5.56 Å². The van der Waals surface area contributed by atoms with Gasteiger partial charge in [-0.05, 0) is 30.7 Å². The molecule has 0 bridgehead atoms. The van der Waals surface area contributed by atoms with Crippen molar-refractivity contribution in [2.45, 2.75) is 12.1 Å². The molecule has 1 heterocycles. The molecule has 19 heavy (non-hydrogen) atoms. The Labute approximate surface area is 116 Å². The van der Waals surface area contributed by atoms with E-state index in [4.69, 9.17) is 5.73 Å². The second-order valence-corrected chi connectivity index (χ2v) is 5.17. The lowest BCUT2D eigenvalue weighted by molar-refractivity contribution is -0.113. The van der Waals surface area contributed by atoms with Gasteiger partial charge in [0.25, 0.3) is 0 Å². The Bertz CT molecular complexity index is 594. The minimum absolute atomic E-state index is 0.0547. The topological polar surface area (TPSA) is 72.9 Å². The average Bonchev–Trinajstić information content (AvgIpc) is 2.76. The number of thioether (sulfide) groups is 1. The van der Waals surface area contributed by atoms with E-state index in [0.29, 0.717) is 11.4 Å². The predicted octanol–water partition coefficient (Wildman–Crippen LogP) is 2.04. The molecule has 0 unspecified atom stereocenters. The monoisotopic (exact) mass is 276 g/mol. The Morgan fingerprint density at radius 3 is 2.95 bits per heavy atom. The van der Waals surface area contributed by atoms with Crippen LogP contribution in [0, 0.1) is 6.92 Å². The lowest BCUT2D eigenvalue weighted by Gasteiger charge is -2.08. The average molecular weight is 276 g/mol. The molecule has 0 aliphatic rings. The molecule has 0 fully saturated rings. The van der Waals surface area contributed by atoms with Gasteiger partial charge in [0.05, 0.1) is 5.75 Å². The number of nitrogens with two attached hydrogens (primary N) is 1. The van der Waals surface area contributed by atoms with Crippen LogP contribution < -0.4 is 11.1 Å². The first-order chi connectivity index (χ1) is 9.06. The number of benzene rings is 1. The smallest absolute Gasteiger partial charge is 0.234 e. The molecule has 6 heteroatoms. The van der Waals surface area contributed by atoms with Crippen LogP contribution in [0.2, 0.25) is 0 Å². The third-order valence-corrected chi connectivity index (χ3v) is 3.69. The zero-order valence-electron chi connectivity index (χ0n) is 10.9. The number of nitrogens with one attached hydrogen (secondary N) is 1. The summed E-state index contributed by atoms with van der Waals surface area (Å²) in [5.74, 6) is 0.273. The van der Waals surface area contributed by atoms with E-state index in [9.17, 15) is 4.79 Å². The van der Waals surface area contributed by atoms with E-state index in [-0.39, 0.29) is 5.91 Å². The van der Waals surface area contributed by atoms with Crippen molar-refractivity contribution in [1.82, 2.24) is 9.55 Å². The summed E-state index contributed by atoms with van der Waals surface area (Å²) in [6, 6.07) is 5.42. The van der Waals surface area contributed by atoms with Crippen LogP contribution in [-0.2, 0) is 11.8 Å². The zero-order valence-corrected chi connectivity index (χ0v) is 11.7. The number of aryl methyl sites for hydroxylation is 2. The number of hydrogen-bond donors (Lipinski definition) is 2. The van der Waals surface area contributed by atoms with Crippen molar-refractivity contribution >= 4 is 29.0 Å². The number of hydrogen-bond acceptors (Lipinski definition) is 4. The maximum absolute atomic E-state index is 11.9.